The SMILES string of the molecule is O=C(Nc1nc2c(ccc3ccccc32)s1)c1ccc2c(c1)C(=O)N(CC1CCCO1)C2=O. The maximum Gasteiger partial charge on any atom is 0.261 e. The number of hydrogen-bond acceptors (Lipinski definition) is 6. The number of ether oxygens (including phenoxy) is 1. The van der Waals surface area contributed by atoms with Crippen molar-refractivity contribution in [1.82, 2.24) is 9.88 Å². The Morgan fingerprint density at radius 1 is 1.09 bits per heavy atom. The van der Waals surface area contributed by atoms with Crippen LogP contribution < -0.4 is 5.32 Å². The third-order valence-corrected chi connectivity index (χ3v) is 7.08. The van der Waals surface area contributed by atoms with E-state index in [4.69, 9.17) is 4.74 Å². The first-order valence-electron chi connectivity index (χ1n) is 10.8. The number of nitrogens with zero attached hydrogens (tertiary/aromatic N) is 2. The second kappa shape index (κ2) is 7.75. The number of amides is 3. The number of thiazole rings is 1. The number of imide groups is 1. The standard InChI is InChI=1S/C25H19N3O4S/c29-22(27-25-26-21-17-6-2-1-4-14(17)8-10-20(21)33-25)15-7-9-18-19(12-15)24(31)28(23(18)30)13-16-5-3-11-32-16/h1-2,4,6-10,12,16H,3,5,11,13H2,(H,26,27,29). The highest BCUT2D eigenvalue weighted by Crippen LogP contribution is 2.32. The van der Waals surface area contributed by atoms with Crippen LogP contribution in [0.2, 0.25) is 0 Å². The molecule has 164 valence electrons. The number of benzene rings is 3. The van der Waals surface area contributed by atoms with Crippen LogP contribution in [0.5, 0.6) is 0 Å². The van der Waals surface area contributed by atoms with Crippen LogP contribution in [0.15, 0.2) is 54.6 Å². The molecule has 0 saturated carbocycles. The van der Waals surface area contributed by atoms with Gasteiger partial charge in [-0.05, 0) is 42.5 Å². The maximum atomic E-state index is 12.9. The van der Waals surface area contributed by atoms with Gasteiger partial charge in [0.15, 0.2) is 5.13 Å². The number of rotatable bonds is 4. The minimum absolute atomic E-state index is 0.120. The summed E-state index contributed by atoms with van der Waals surface area (Å²) in [6.07, 6.45) is 1.64. The highest BCUT2D eigenvalue weighted by molar-refractivity contribution is 7.22. The number of aromatic nitrogens is 1. The van der Waals surface area contributed by atoms with Crippen molar-refractivity contribution in [3.63, 3.8) is 0 Å². The molecule has 6 rings (SSSR count). The molecule has 4 aromatic rings. The zero-order chi connectivity index (χ0) is 22.5. The summed E-state index contributed by atoms with van der Waals surface area (Å²) in [4.78, 5) is 44.4. The quantitative estimate of drug-likeness (QED) is 0.457. The average molecular weight is 458 g/mol. The van der Waals surface area contributed by atoms with Gasteiger partial charge >= 0.3 is 0 Å². The van der Waals surface area contributed by atoms with Gasteiger partial charge < -0.3 is 4.74 Å². The van der Waals surface area contributed by atoms with Crippen molar-refractivity contribution in [3.8, 4) is 0 Å². The molecule has 0 spiro atoms. The minimum Gasteiger partial charge on any atom is -0.376 e. The van der Waals surface area contributed by atoms with Crippen molar-refractivity contribution in [2.45, 2.75) is 18.9 Å². The van der Waals surface area contributed by atoms with Crippen molar-refractivity contribution in [2.75, 3.05) is 18.5 Å². The summed E-state index contributed by atoms with van der Waals surface area (Å²) in [5.74, 6) is -1.10. The van der Waals surface area contributed by atoms with Gasteiger partial charge in [0.25, 0.3) is 17.7 Å². The lowest BCUT2D eigenvalue weighted by Gasteiger charge is -2.17. The van der Waals surface area contributed by atoms with Gasteiger partial charge in [0.2, 0.25) is 0 Å². The maximum absolute atomic E-state index is 12.9. The minimum atomic E-state index is -0.383. The normalized spacial score (nSPS) is 17.8. The molecular formula is C25H19N3O4S. The summed E-state index contributed by atoms with van der Waals surface area (Å²) >= 11 is 1.39. The van der Waals surface area contributed by atoms with Gasteiger partial charge in [-0.2, -0.15) is 0 Å². The van der Waals surface area contributed by atoms with Crippen LogP contribution >= 0.6 is 11.3 Å². The lowest BCUT2D eigenvalue weighted by molar-refractivity contribution is 0.0475. The Hall–Kier alpha value is -3.62. The van der Waals surface area contributed by atoms with Crippen LogP contribution in [0.1, 0.15) is 43.9 Å². The van der Waals surface area contributed by atoms with Crippen LogP contribution in [0.4, 0.5) is 5.13 Å². The molecular weight excluding hydrogens is 438 g/mol. The molecule has 1 unspecified atom stereocenters. The van der Waals surface area contributed by atoms with Gasteiger partial charge in [0.05, 0.1) is 34.0 Å². The molecule has 0 radical (unpaired) electrons. The summed E-state index contributed by atoms with van der Waals surface area (Å²) in [6, 6.07) is 16.6. The van der Waals surface area contributed by atoms with E-state index in [9.17, 15) is 14.4 Å². The van der Waals surface area contributed by atoms with Crippen molar-refractivity contribution in [2.24, 2.45) is 0 Å². The molecule has 0 bridgehead atoms. The lowest BCUT2D eigenvalue weighted by Crippen LogP contribution is -2.36. The molecule has 3 amide bonds. The Bertz CT molecular complexity index is 1450. The number of carbonyl (C=O) groups is 3. The Morgan fingerprint density at radius 3 is 2.79 bits per heavy atom. The number of nitrogens with one attached hydrogen (secondary N) is 1. The number of anilines is 1. The van der Waals surface area contributed by atoms with E-state index in [2.05, 4.69) is 10.3 Å². The molecule has 1 fully saturated rings. The number of carbonyl (C=O) groups excluding carboxylic acids is 3. The molecule has 33 heavy (non-hydrogen) atoms. The zero-order valence-electron chi connectivity index (χ0n) is 17.5. The summed E-state index contributed by atoms with van der Waals surface area (Å²) in [5.41, 5.74) is 1.72. The summed E-state index contributed by atoms with van der Waals surface area (Å²) in [6.45, 7) is 0.896. The number of hydrogen-bond donors (Lipinski definition) is 1. The third-order valence-electron chi connectivity index (χ3n) is 6.15. The molecule has 0 aliphatic carbocycles. The first kappa shape index (κ1) is 20.0. The molecule has 3 aromatic carbocycles. The predicted molar refractivity (Wildman–Crippen MR) is 126 cm³/mol. The molecule has 1 saturated heterocycles. The topological polar surface area (TPSA) is 88.6 Å². The van der Waals surface area contributed by atoms with E-state index < -0.39 is 0 Å². The molecule has 2 aliphatic rings. The van der Waals surface area contributed by atoms with Crippen LogP contribution in [-0.4, -0.2) is 46.9 Å². The molecule has 1 aromatic heterocycles. The predicted octanol–water partition coefficient (Wildman–Crippen LogP) is 4.48. The largest absolute Gasteiger partial charge is 0.376 e. The summed E-state index contributed by atoms with van der Waals surface area (Å²) in [5, 5.41) is 5.43. The highest BCUT2D eigenvalue weighted by atomic mass is 32.1. The summed E-state index contributed by atoms with van der Waals surface area (Å²) < 4.78 is 6.55. The molecule has 8 heteroatoms. The summed E-state index contributed by atoms with van der Waals surface area (Å²) in [7, 11) is 0. The van der Waals surface area contributed by atoms with Gasteiger partial charge in [0.1, 0.15) is 0 Å². The van der Waals surface area contributed by atoms with Gasteiger partial charge in [0, 0.05) is 17.6 Å². The molecule has 7 nitrogen and oxygen atoms in total. The van der Waals surface area contributed by atoms with E-state index in [0.29, 0.717) is 22.9 Å². The third kappa shape index (κ3) is 3.39. The zero-order valence-corrected chi connectivity index (χ0v) is 18.4. The fourth-order valence-electron chi connectivity index (χ4n) is 4.47. The second-order valence-corrected chi connectivity index (χ2v) is 9.25. The van der Waals surface area contributed by atoms with E-state index in [0.717, 1.165) is 33.8 Å². The smallest absolute Gasteiger partial charge is 0.261 e. The van der Waals surface area contributed by atoms with Gasteiger partial charge in [-0.15, -0.1) is 0 Å². The van der Waals surface area contributed by atoms with Crippen LogP contribution in [0.25, 0.3) is 21.0 Å². The van der Waals surface area contributed by atoms with Gasteiger partial charge in [-0.25, -0.2) is 4.98 Å². The van der Waals surface area contributed by atoms with Gasteiger partial charge in [-0.3, -0.25) is 24.6 Å². The Labute approximate surface area is 193 Å². The fraction of sp³-hybridized carbons (Fsp3) is 0.200. The van der Waals surface area contributed by atoms with Crippen LogP contribution in [0.3, 0.4) is 0 Å². The van der Waals surface area contributed by atoms with Crippen molar-refractivity contribution in [3.05, 3.63) is 71.3 Å². The number of fused-ring (bicyclic) bond motifs is 4. The lowest BCUT2D eigenvalue weighted by atomic mass is 10.1. The molecule has 1 atom stereocenters. The van der Waals surface area contributed by atoms with E-state index in [-0.39, 0.29) is 35.9 Å². The van der Waals surface area contributed by atoms with E-state index in [1.165, 1.54) is 22.3 Å². The van der Waals surface area contributed by atoms with Crippen molar-refractivity contribution in [1.29, 1.82) is 0 Å². The fourth-order valence-corrected chi connectivity index (χ4v) is 5.35. The first-order chi connectivity index (χ1) is 16.1. The Balaban J connectivity index is 1.25. The highest BCUT2D eigenvalue weighted by Gasteiger charge is 2.38. The first-order valence-corrected chi connectivity index (χ1v) is 11.6. The second-order valence-electron chi connectivity index (χ2n) is 8.22. The Morgan fingerprint density at radius 2 is 1.94 bits per heavy atom. The monoisotopic (exact) mass is 457 g/mol. The molecule has 2 aliphatic heterocycles. The van der Waals surface area contributed by atoms with Crippen molar-refractivity contribution >= 4 is 55.2 Å². The Kier molecular flexibility index (Phi) is 4.70. The molecule has 3 heterocycles. The van der Waals surface area contributed by atoms with E-state index >= 15 is 0 Å². The van der Waals surface area contributed by atoms with Gasteiger partial charge in [-0.1, -0.05) is 41.7 Å². The van der Waals surface area contributed by atoms with E-state index in [1.807, 2.05) is 36.4 Å². The van der Waals surface area contributed by atoms with Crippen molar-refractivity contribution < 1.29 is 19.1 Å². The van der Waals surface area contributed by atoms with Crippen LogP contribution in [-0.2, 0) is 4.74 Å². The average Bonchev–Trinajstić information content (AvgIpc) is 3.55. The van der Waals surface area contributed by atoms with E-state index in [1.54, 1.807) is 12.1 Å². The van der Waals surface area contributed by atoms with Crippen LogP contribution in [0, 0.1) is 0 Å². The molecule has 1 N–H and O–H groups in total.